The van der Waals surface area contributed by atoms with Crippen LogP contribution in [0, 0.1) is 18.3 Å². The number of benzene rings is 2. The van der Waals surface area contributed by atoms with Crippen molar-refractivity contribution in [3.05, 3.63) is 89.1 Å². The molecule has 11 heteroatoms. The average molecular weight is 565 g/mol. The zero-order valence-electron chi connectivity index (χ0n) is 22.1. The first kappa shape index (κ1) is 26.4. The molecule has 2 N–H and O–H groups in total. The van der Waals surface area contributed by atoms with Crippen LogP contribution in [0.4, 0.5) is 17.2 Å². The number of hydrogen-bond donors (Lipinski definition) is 2. The van der Waals surface area contributed by atoms with Crippen molar-refractivity contribution in [2.75, 3.05) is 17.2 Å². The van der Waals surface area contributed by atoms with Gasteiger partial charge in [0.2, 0.25) is 0 Å². The fraction of sp³-hybridized carbons (Fsp3) is 0.200. The van der Waals surface area contributed by atoms with E-state index in [1.165, 1.54) is 18.5 Å². The smallest absolute Gasteiger partial charge is 0.255 e. The van der Waals surface area contributed by atoms with Gasteiger partial charge in [-0.1, -0.05) is 17.7 Å². The van der Waals surface area contributed by atoms with E-state index in [2.05, 4.69) is 30.6 Å². The molecule has 0 bridgehead atoms. The Kier molecular flexibility index (Phi) is 7.29. The van der Waals surface area contributed by atoms with Gasteiger partial charge in [-0.25, -0.2) is 19.9 Å². The van der Waals surface area contributed by atoms with Crippen LogP contribution in [0.2, 0.25) is 5.02 Å². The van der Waals surface area contributed by atoms with Crippen molar-refractivity contribution in [2.45, 2.75) is 32.4 Å². The van der Waals surface area contributed by atoms with Gasteiger partial charge in [-0.05, 0) is 74.2 Å². The molecule has 0 spiro atoms. The summed E-state index contributed by atoms with van der Waals surface area (Å²) in [7, 11) is 0. The Labute approximate surface area is 241 Å². The highest BCUT2D eigenvalue weighted by Crippen LogP contribution is 2.34. The maximum Gasteiger partial charge on any atom is 0.255 e. The van der Waals surface area contributed by atoms with Gasteiger partial charge >= 0.3 is 0 Å². The largest absolute Gasteiger partial charge is 0.358 e. The number of imidazole rings is 1. The van der Waals surface area contributed by atoms with Crippen molar-refractivity contribution < 1.29 is 9.53 Å². The number of nitrogens with zero attached hydrogens (tertiary/aromatic N) is 6. The number of aryl methyl sites for hydroxylation is 1. The molecule has 1 fully saturated rings. The summed E-state index contributed by atoms with van der Waals surface area (Å²) < 4.78 is 7.94. The summed E-state index contributed by atoms with van der Waals surface area (Å²) in [6, 6.07) is 15.9. The number of ether oxygens (including phenoxy) is 1. The SMILES string of the molecule is Cc1ccc(NC(=O)c2ccc(Cl)c(C#N)c2)cc1Nc1ncccc1-c1ncnc2c1ncn2C1CCCCO1. The number of nitrogens with one attached hydrogen (secondary N) is 2. The quantitative estimate of drug-likeness (QED) is 0.242. The molecule has 1 amide bonds. The topological polar surface area (TPSA) is 131 Å². The Morgan fingerprint density at radius 2 is 2.02 bits per heavy atom. The Morgan fingerprint density at radius 1 is 1.12 bits per heavy atom. The predicted octanol–water partition coefficient (Wildman–Crippen LogP) is 6.42. The molecule has 1 aliphatic heterocycles. The van der Waals surface area contributed by atoms with Gasteiger partial charge in [0.1, 0.15) is 35.7 Å². The molecular formula is C30H25ClN8O2. The third-order valence-electron chi connectivity index (χ3n) is 6.99. The van der Waals surface area contributed by atoms with Crippen LogP contribution in [0.15, 0.2) is 67.4 Å². The third-order valence-corrected chi connectivity index (χ3v) is 7.31. The Balaban J connectivity index is 1.30. The number of aromatic nitrogens is 5. The van der Waals surface area contributed by atoms with Crippen LogP contribution >= 0.6 is 11.6 Å². The lowest BCUT2D eigenvalue weighted by molar-refractivity contribution is -0.0298. The summed E-state index contributed by atoms with van der Waals surface area (Å²) in [5.41, 5.74) is 5.63. The van der Waals surface area contributed by atoms with Crippen LogP contribution in [0.25, 0.3) is 22.4 Å². The van der Waals surface area contributed by atoms with Crippen molar-refractivity contribution in [1.82, 2.24) is 24.5 Å². The molecule has 204 valence electrons. The first-order valence-corrected chi connectivity index (χ1v) is 13.5. The van der Waals surface area contributed by atoms with Gasteiger partial charge in [-0.2, -0.15) is 5.26 Å². The molecule has 2 aromatic carbocycles. The van der Waals surface area contributed by atoms with Gasteiger partial charge in [0.25, 0.3) is 5.91 Å². The number of carbonyl (C=O) groups is 1. The Bertz CT molecular complexity index is 1810. The number of halogens is 1. The minimum Gasteiger partial charge on any atom is -0.358 e. The van der Waals surface area contributed by atoms with E-state index in [0.717, 1.165) is 42.7 Å². The Morgan fingerprint density at radius 3 is 2.85 bits per heavy atom. The first-order valence-electron chi connectivity index (χ1n) is 13.1. The zero-order valence-corrected chi connectivity index (χ0v) is 22.9. The van der Waals surface area contributed by atoms with Crippen LogP contribution in [-0.2, 0) is 4.74 Å². The minimum absolute atomic E-state index is 0.0945. The molecule has 10 nitrogen and oxygen atoms in total. The number of amides is 1. The fourth-order valence-corrected chi connectivity index (χ4v) is 4.98. The highest BCUT2D eigenvalue weighted by molar-refractivity contribution is 6.31. The van der Waals surface area contributed by atoms with Crippen LogP contribution in [0.1, 0.15) is 47.0 Å². The maximum atomic E-state index is 12.9. The molecule has 6 rings (SSSR count). The van der Waals surface area contributed by atoms with E-state index >= 15 is 0 Å². The van der Waals surface area contributed by atoms with Crippen molar-refractivity contribution in [3.63, 3.8) is 0 Å². The lowest BCUT2D eigenvalue weighted by Gasteiger charge is -2.23. The van der Waals surface area contributed by atoms with Gasteiger partial charge in [-0.3, -0.25) is 9.36 Å². The van der Waals surface area contributed by atoms with Crippen LogP contribution in [0.5, 0.6) is 0 Å². The number of nitriles is 1. The standard InChI is InChI=1S/C30H25ClN8O2/c1-18-7-9-21(37-30(40)19-8-10-23(31)20(13-19)15-32)14-24(18)38-28-22(5-4-11-33-28)26-27-29(35-16-34-26)39(17-36-27)25-6-2-3-12-41-25/h4-5,7-11,13-14,16-17,25H,2-3,6,12H2,1H3,(H,33,38)(H,37,40). The van der Waals surface area contributed by atoms with Gasteiger partial charge in [-0.15, -0.1) is 0 Å². The summed E-state index contributed by atoms with van der Waals surface area (Å²) in [5, 5.41) is 15.8. The van der Waals surface area contributed by atoms with E-state index < -0.39 is 0 Å². The number of fused-ring (bicyclic) bond motifs is 1. The summed E-state index contributed by atoms with van der Waals surface area (Å²) in [4.78, 5) is 31.2. The van der Waals surface area contributed by atoms with Gasteiger partial charge in [0, 0.05) is 35.3 Å². The molecule has 5 aromatic rings. The number of rotatable bonds is 6. The average Bonchev–Trinajstić information content (AvgIpc) is 3.44. The third kappa shape index (κ3) is 5.33. The molecule has 41 heavy (non-hydrogen) atoms. The zero-order chi connectivity index (χ0) is 28.3. The molecular weight excluding hydrogens is 540 g/mol. The molecule has 0 saturated carbocycles. The monoisotopic (exact) mass is 564 g/mol. The lowest BCUT2D eigenvalue weighted by Crippen LogP contribution is -2.17. The molecule has 4 heterocycles. The van der Waals surface area contributed by atoms with Crippen molar-refractivity contribution >= 4 is 45.9 Å². The fourth-order valence-electron chi connectivity index (χ4n) is 4.82. The van der Waals surface area contributed by atoms with Gasteiger partial charge < -0.3 is 15.4 Å². The second-order valence-corrected chi connectivity index (χ2v) is 10.1. The van der Waals surface area contributed by atoms with Crippen molar-refractivity contribution in [3.8, 4) is 17.3 Å². The van der Waals surface area contributed by atoms with Gasteiger partial charge in [0.05, 0.1) is 16.9 Å². The van der Waals surface area contributed by atoms with E-state index in [0.29, 0.717) is 38.9 Å². The number of hydrogen-bond acceptors (Lipinski definition) is 8. The first-order chi connectivity index (χ1) is 20.0. The van der Waals surface area contributed by atoms with E-state index in [4.69, 9.17) is 16.3 Å². The Hall–Kier alpha value is -4.85. The molecule has 0 radical (unpaired) electrons. The van der Waals surface area contributed by atoms with Crippen LogP contribution in [0.3, 0.4) is 0 Å². The number of anilines is 3. The minimum atomic E-state index is -0.354. The van der Waals surface area contributed by atoms with Crippen LogP contribution < -0.4 is 10.6 Å². The van der Waals surface area contributed by atoms with E-state index in [-0.39, 0.29) is 17.7 Å². The van der Waals surface area contributed by atoms with E-state index in [9.17, 15) is 10.1 Å². The second kappa shape index (κ2) is 11.3. The summed E-state index contributed by atoms with van der Waals surface area (Å²) in [6.07, 6.45) is 7.97. The molecule has 1 saturated heterocycles. The van der Waals surface area contributed by atoms with Crippen molar-refractivity contribution in [1.29, 1.82) is 5.26 Å². The van der Waals surface area contributed by atoms with Crippen LogP contribution in [-0.4, -0.2) is 37.0 Å². The van der Waals surface area contributed by atoms with Gasteiger partial charge in [0.15, 0.2) is 5.65 Å². The summed E-state index contributed by atoms with van der Waals surface area (Å²) >= 11 is 6.02. The molecule has 1 atom stereocenters. The summed E-state index contributed by atoms with van der Waals surface area (Å²) in [6.45, 7) is 2.68. The predicted molar refractivity (Wildman–Crippen MR) is 156 cm³/mol. The number of pyridine rings is 1. The molecule has 0 aliphatic carbocycles. The second-order valence-electron chi connectivity index (χ2n) is 9.68. The molecule has 1 unspecified atom stereocenters. The van der Waals surface area contributed by atoms with Crippen molar-refractivity contribution in [2.24, 2.45) is 0 Å². The highest BCUT2D eigenvalue weighted by Gasteiger charge is 2.22. The molecule has 1 aliphatic rings. The van der Waals surface area contributed by atoms with E-state index in [1.807, 2.05) is 47.9 Å². The van der Waals surface area contributed by atoms with E-state index in [1.54, 1.807) is 18.6 Å². The lowest BCUT2D eigenvalue weighted by atomic mass is 10.1. The molecule has 3 aromatic heterocycles. The maximum absolute atomic E-state index is 12.9. The normalized spacial score (nSPS) is 14.9. The number of carbonyl (C=O) groups excluding carboxylic acids is 1. The highest BCUT2D eigenvalue weighted by atomic mass is 35.5. The summed E-state index contributed by atoms with van der Waals surface area (Å²) in [5.74, 6) is 0.228.